The van der Waals surface area contributed by atoms with Crippen molar-refractivity contribution in [1.82, 2.24) is 20.4 Å². The third-order valence-corrected chi connectivity index (χ3v) is 7.17. The minimum atomic E-state index is -0.386. The van der Waals surface area contributed by atoms with Crippen LogP contribution in [0, 0.1) is 6.92 Å². The van der Waals surface area contributed by atoms with Crippen LogP contribution in [0.15, 0.2) is 76.3 Å². The molecule has 6 nitrogen and oxygen atoms in total. The summed E-state index contributed by atoms with van der Waals surface area (Å²) < 4.78 is 5.76. The zero-order chi connectivity index (χ0) is 23.7. The van der Waals surface area contributed by atoms with Crippen molar-refractivity contribution in [2.24, 2.45) is 0 Å². The predicted octanol–water partition coefficient (Wildman–Crippen LogP) is 6.37. The number of allylic oxidation sites excluding steroid dienone is 1. The van der Waals surface area contributed by atoms with E-state index < -0.39 is 0 Å². The molecular weight excluding hydrogens is 444 g/mol. The average Bonchev–Trinajstić information content (AvgIpc) is 3.55. The first-order chi connectivity index (χ1) is 16.5. The molecule has 1 aliphatic rings. The number of aryl methyl sites for hydroxylation is 2. The quantitative estimate of drug-likeness (QED) is 0.356. The third kappa shape index (κ3) is 4.15. The van der Waals surface area contributed by atoms with E-state index in [1.165, 1.54) is 5.56 Å². The van der Waals surface area contributed by atoms with Crippen LogP contribution in [0.25, 0.3) is 16.3 Å². The van der Waals surface area contributed by atoms with E-state index in [1.807, 2.05) is 42.6 Å². The van der Waals surface area contributed by atoms with E-state index in [0.717, 1.165) is 39.3 Å². The van der Waals surface area contributed by atoms with Crippen molar-refractivity contribution in [3.8, 4) is 10.7 Å². The number of hydrogen-bond acceptors (Lipinski definition) is 5. The summed E-state index contributed by atoms with van der Waals surface area (Å²) in [4.78, 5) is 20.7. The highest BCUT2D eigenvalue weighted by Crippen LogP contribution is 2.38. The van der Waals surface area contributed by atoms with Gasteiger partial charge >= 0.3 is 6.03 Å². The van der Waals surface area contributed by atoms with E-state index in [0.29, 0.717) is 18.3 Å². The highest BCUT2D eigenvalue weighted by molar-refractivity contribution is 7.13. The van der Waals surface area contributed by atoms with E-state index in [1.54, 1.807) is 16.2 Å². The SMILES string of the molecule is CCc1ccc(C2NC(=O)N(Cc3ccccc3C)C(C)=C2c2nc(-c3cccs3)no2)cc1. The van der Waals surface area contributed by atoms with Crippen molar-refractivity contribution < 1.29 is 9.32 Å². The molecule has 1 aliphatic heterocycles. The number of nitrogens with one attached hydrogen (secondary N) is 1. The maximum Gasteiger partial charge on any atom is 0.322 e. The van der Waals surface area contributed by atoms with Gasteiger partial charge in [-0.05, 0) is 54.0 Å². The average molecular weight is 471 g/mol. The molecule has 7 heteroatoms. The van der Waals surface area contributed by atoms with Crippen molar-refractivity contribution in [1.29, 1.82) is 0 Å². The molecule has 0 saturated carbocycles. The van der Waals surface area contributed by atoms with Crippen LogP contribution < -0.4 is 5.32 Å². The van der Waals surface area contributed by atoms with Crippen LogP contribution in [0.2, 0.25) is 0 Å². The topological polar surface area (TPSA) is 71.3 Å². The summed E-state index contributed by atoms with van der Waals surface area (Å²) in [6.45, 7) is 6.59. The van der Waals surface area contributed by atoms with Crippen molar-refractivity contribution in [2.75, 3.05) is 0 Å². The van der Waals surface area contributed by atoms with Gasteiger partial charge in [-0.25, -0.2) is 4.79 Å². The van der Waals surface area contributed by atoms with E-state index >= 15 is 0 Å². The molecule has 0 radical (unpaired) electrons. The van der Waals surface area contributed by atoms with E-state index in [2.05, 4.69) is 54.7 Å². The van der Waals surface area contributed by atoms with Crippen molar-refractivity contribution >= 4 is 22.9 Å². The predicted molar refractivity (Wildman–Crippen MR) is 134 cm³/mol. The second-order valence-electron chi connectivity index (χ2n) is 8.39. The maximum absolute atomic E-state index is 13.3. The Kier molecular flexibility index (Phi) is 6.02. The molecule has 0 aliphatic carbocycles. The molecule has 0 fully saturated rings. The Balaban J connectivity index is 1.60. The number of carbonyl (C=O) groups is 1. The number of hydrogen-bond donors (Lipinski definition) is 1. The molecule has 0 bridgehead atoms. The summed E-state index contributed by atoms with van der Waals surface area (Å²) in [6.07, 6.45) is 0.955. The van der Waals surface area contributed by atoms with Gasteiger partial charge in [0.2, 0.25) is 5.82 Å². The number of carbonyl (C=O) groups excluding carboxylic acids is 1. The lowest BCUT2D eigenvalue weighted by Crippen LogP contribution is -2.45. The Morgan fingerprint density at radius 1 is 1.06 bits per heavy atom. The monoisotopic (exact) mass is 470 g/mol. The van der Waals surface area contributed by atoms with Gasteiger partial charge in [0, 0.05) is 5.70 Å². The molecule has 1 N–H and O–H groups in total. The largest absolute Gasteiger partial charge is 0.334 e. The Morgan fingerprint density at radius 2 is 1.85 bits per heavy atom. The molecule has 3 heterocycles. The molecule has 4 aromatic rings. The van der Waals surface area contributed by atoms with Crippen LogP contribution in [-0.2, 0) is 13.0 Å². The Labute approximate surface area is 202 Å². The smallest absolute Gasteiger partial charge is 0.322 e. The molecule has 5 rings (SSSR count). The van der Waals surface area contributed by atoms with Gasteiger partial charge in [-0.2, -0.15) is 4.98 Å². The normalized spacial score (nSPS) is 16.1. The first-order valence-corrected chi connectivity index (χ1v) is 12.2. The highest BCUT2D eigenvalue weighted by atomic mass is 32.1. The number of amides is 2. The molecule has 172 valence electrons. The maximum atomic E-state index is 13.3. The number of thiophene rings is 1. The molecular formula is C27H26N4O2S. The van der Waals surface area contributed by atoms with E-state index in [9.17, 15) is 4.79 Å². The number of urea groups is 1. The van der Waals surface area contributed by atoms with Crippen LogP contribution in [0.1, 0.15) is 48.0 Å². The molecule has 2 amide bonds. The molecule has 34 heavy (non-hydrogen) atoms. The lowest BCUT2D eigenvalue weighted by molar-refractivity contribution is 0.203. The van der Waals surface area contributed by atoms with E-state index in [-0.39, 0.29) is 12.1 Å². The molecule has 1 unspecified atom stereocenters. The third-order valence-electron chi connectivity index (χ3n) is 6.31. The molecule has 2 aromatic carbocycles. The van der Waals surface area contributed by atoms with Crippen molar-refractivity contribution in [2.45, 2.75) is 39.8 Å². The summed E-state index contributed by atoms with van der Waals surface area (Å²) in [5, 5.41) is 9.40. The summed E-state index contributed by atoms with van der Waals surface area (Å²) in [7, 11) is 0. The zero-order valence-electron chi connectivity index (χ0n) is 19.4. The fourth-order valence-corrected chi connectivity index (χ4v) is 4.89. The van der Waals surface area contributed by atoms with Crippen LogP contribution >= 0.6 is 11.3 Å². The number of aromatic nitrogens is 2. The van der Waals surface area contributed by atoms with Crippen LogP contribution in [-0.4, -0.2) is 21.1 Å². The minimum absolute atomic E-state index is 0.146. The summed E-state index contributed by atoms with van der Waals surface area (Å²) in [6, 6.07) is 19.8. The fourth-order valence-electron chi connectivity index (χ4n) is 4.24. The summed E-state index contributed by atoms with van der Waals surface area (Å²) in [5.41, 5.74) is 6.07. The fraction of sp³-hybridized carbons (Fsp3) is 0.222. The lowest BCUT2D eigenvalue weighted by atomic mass is 9.93. The zero-order valence-corrected chi connectivity index (χ0v) is 20.2. The Hall–Kier alpha value is -3.71. The first-order valence-electron chi connectivity index (χ1n) is 11.3. The molecule has 0 saturated heterocycles. The van der Waals surface area contributed by atoms with Crippen LogP contribution in [0.3, 0.4) is 0 Å². The molecule has 1 atom stereocenters. The van der Waals surface area contributed by atoms with Crippen molar-refractivity contribution in [3.05, 3.63) is 99.9 Å². The van der Waals surface area contributed by atoms with Gasteiger partial charge in [0.25, 0.3) is 5.89 Å². The molecule has 2 aromatic heterocycles. The Bertz CT molecular complexity index is 1340. The second-order valence-corrected chi connectivity index (χ2v) is 9.34. The minimum Gasteiger partial charge on any atom is -0.334 e. The van der Waals surface area contributed by atoms with Gasteiger partial charge < -0.3 is 9.84 Å². The van der Waals surface area contributed by atoms with Gasteiger partial charge in [-0.1, -0.05) is 66.7 Å². The van der Waals surface area contributed by atoms with E-state index in [4.69, 9.17) is 9.51 Å². The van der Waals surface area contributed by atoms with Gasteiger partial charge in [0.15, 0.2) is 0 Å². The van der Waals surface area contributed by atoms with Gasteiger partial charge in [0.05, 0.1) is 23.0 Å². The van der Waals surface area contributed by atoms with Crippen LogP contribution in [0.4, 0.5) is 4.79 Å². The van der Waals surface area contributed by atoms with Gasteiger partial charge in [-0.15, -0.1) is 11.3 Å². The second kappa shape index (κ2) is 9.27. The number of nitrogens with zero attached hydrogens (tertiary/aromatic N) is 3. The summed E-state index contributed by atoms with van der Waals surface area (Å²) >= 11 is 1.56. The molecule has 0 spiro atoms. The van der Waals surface area contributed by atoms with Gasteiger partial charge in [-0.3, -0.25) is 4.90 Å². The Morgan fingerprint density at radius 3 is 2.56 bits per heavy atom. The highest BCUT2D eigenvalue weighted by Gasteiger charge is 2.36. The number of benzene rings is 2. The first kappa shape index (κ1) is 22.1. The van der Waals surface area contributed by atoms with Crippen molar-refractivity contribution in [3.63, 3.8) is 0 Å². The van der Waals surface area contributed by atoms with Gasteiger partial charge in [0.1, 0.15) is 0 Å². The van der Waals surface area contributed by atoms with Crippen LogP contribution in [0.5, 0.6) is 0 Å². The number of rotatable bonds is 6. The standard InChI is InChI=1S/C27H26N4O2S/c1-4-19-11-13-20(14-12-19)24-23(26-29-25(30-33-26)22-10-7-15-34-22)18(3)31(27(32)28-24)16-21-9-6-5-8-17(21)2/h5-15,24H,4,16H2,1-3H3,(H,28,32). The summed E-state index contributed by atoms with van der Waals surface area (Å²) in [5.74, 6) is 0.966. The lowest BCUT2D eigenvalue weighted by Gasteiger charge is -2.35.